The van der Waals surface area contributed by atoms with Gasteiger partial charge in [-0.15, -0.1) is 0 Å². The van der Waals surface area contributed by atoms with Crippen molar-refractivity contribution in [1.82, 2.24) is 25.3 Å². The van der Waals surface area contributed by atoms with Crippen molar-refractivity contribution in [2.24, 2.45) is 0 Å². The Bertz CT molecular complexity index is 1140. The quantitative estimate of drug-likeness (QED) is 0.532. The second-order valence-corrected chi connectivity index (χ2v) is 6.06. The zero-order valence-electron chi connectivity index (χ0n) is 14.7. The minimum Gasteiger partial charge on any atom is -0.444 e. The first-order valence-electron chi connectivity index (χ1n) is 8.40. The molecule has 2 N–H and O–H groups in total. The number of hydrogen-bond donors (Lipinski definition) is 2. The first kappa shape index (κ1) is 16.7. The number of fused-ring (bicyclic) bond motifs is 1. The lowest BCUT2D eigenvalue weighted by molar-refractivity contribution is -0.116. The van der Waals surface area contributed by atoms with Crippen LogP contribution < -0.4 is 5.32 Å². The van der Waals surface area contributed by atoms with Crippen molar-refractivity contribution in [2.75, 3.05) is 0 Å². The largest absolute Gasteiger partial charge is 0.444 e. The highest BCUT2D eigenvalue weighted by Crippen LogP contribution is 2.34. The Labute approximate surface area is 155 Å². The van der Waals surface area contributed by atoms with E-state index in [2.05, 4.69) is 31.8 Å². The summed E-state index contributed by atoms with van der Waals surface area (Å²) in [7, 11) is 0. The molecule has 1 amide bonds. The minimum atomic E-state index is -0.211. The van der Waals surface area contributed by atoms with Gasteiger partial charge in [-0.25, -0.2) is 15.0 Å². The van der Waals surface area contributed by atoms with E-state index in [-0.39, 0.29) is 5.91 Å². The summed E-state index contributed by atoms with van der Waals surface area (Å²) < 4.78 is 5.57. The van der Waals surface area contributed by atoms with Crippen LogP contribution in [0.1, 0.15) is 11.3 Å². The van der Waals surface area contributed by atoms with E-state index >= 15 is 0 Å². The lowest BCUT2D eigenvalue weighted by Crippen LogP contribution is -2.19. The third-order valence-electron chi connectivity index (χ3n) is 4.17. The number of nitrogens with one attached hydrogen (secondary N) is 2. The van der Waals surface area contributed by atoms with Crippen molar-refractivity contribution in [3.05, 3.63) is 67.0 Å². The topological polar surface area (TPSA) is 96.7 Å². The highest BCUT2D eigenvalue weighted by molar-refractivity contribution is 6.01. The van der Waals surface area contributed by atoms with Crippen molar-refractivity contribution in [1.29, 1.82) is 0 Å². The molecule has 7 heteroatoms. The van der Waals surface area contributed by atoms with Gasteiger partial charge in [-0.1, -0.05) is 24.8 Å². The molecular formula is C20H17N5O2. The van der Waals surface area contributed by atoms with Crippen molar-refractivity contribution in [3.63, 3.8) is 0 Å². The van der Waals surface area contributed by atoms with Crippen LogP contribution >= 0.6 is 0 Å². The van der Waals surface area contributed by atoms with Crippen molar-refractivity contribution in [2.45, 2.75) is 13.5 Å². The number of amides is 1. The van der Waals surface area contributed by atoms with Crippen molar-refractivity contribution >= 4 is 16.9 Å². The minimum absolute atomic E-state index is 0.211. The van der Waals surface area contributed by atoms with Crippen molar-refractivity contribution in [3.8, 4) is 22.7 Å². The van der Waals surface area contributed by atoms with E-state index in [1.165, 1.54) is 12.4 Å². The Morgan fingerprint density at radius 2 is 2.26 bits per heavy atom. The van der Waals surface area contributed by atoms with Crippen molar-refractivity contribution < 1.29 is 9.21 Å². The standard InChI is InChI=1S/C20H17N5O2/c1-3-16(26)21-8-13-5-4-6-14(7-13)18-17-15(20-25-12(2)10-27-20)9-22-19(17)24-11-23-18/h3-7,9-11H,1,8H2,2H3,(H,21,26)(H,22,23,24). The fourth-order valence-electron chi connectivity index (χ4n) is 2.92. The Kier molecular flexibility index (Phi) is 4.25. The summed E-state index contributed by atoms with van der Waals surface area (Å²) in [6.45, 7) is 5.74. The van der Waals surface area contributed by atoms with Gasteiger partial charge in [0.25, 0.3) is 0 Å². The van der Waals surface area contributed by atoms with Crippen LogP contribution in [0.25, 0.3) is 33.7 Å². The van der Waals surface area contributed by atoms with E-state index in [4.69, 9.17) is 4.42 Å². The Morgan fingerprint density at radius 1 is 1.37 bits per heavy atom. The number of rotatable bonds is 5. The summed E-state index contributed by atoms with van der Waals surface area (Å²) in [4.78, 5) is 27.8. The van der Waals surface area contributed by atoms with E-state index < -0.39 is 0 Å². The molecule has 0 fully saturated rings. The summed E-state index contributed by atoms with van der Waals surface area (Å²) in [6, 6.07) is 7.84. The van der Waals surface area contributed by atoms with Crippen LogP contribution in [0.3, 0.4) is 0 Å². The molecule has 134 valence electrons. The summed E-state index contributed by atoms with van der Waals surface area (Å²) in [5.41, 5.74) is 4.95. The maximum absolute atomic E-state index is 11.4. The molecule has 27 heavy (non-hydrogen) atoms. The smallest absolute Gasteiger partial charge is 0.243 e. The molecule has 0 aliphatic rings. The van der Waals surface area contributed by atoms with E-state index in [0.29, 0.717) is 18.1 Å². The summed E-state index contributed by atoms with van der Waals surface area (Å²) >= 11 is 0. The molecular weight excluding hydrogens is 342 g/mol. The van der Waals surface area contributed by atoms with Gasteiger partial charge in [0.2, 0.25) is 11.8 Å². The van der Waals surface area contributed by atoms with Crippen LogP contribution in [-0.2, 0) is 11.3 Å². The van der Waals surface area contributed by atoms with Crippen LogP contribution in [0.4, 0.5) is 0 Å². The van der Waals surface area contributed by atoms with Gasteiger partial charge in [-0.2, -0.15) is 0 Å². The van der Waals surface area contributed by atoms with Crippen LogP contribution in [0, 0.1) is 6.92 Å². The molecule has 4 aromatic rings. The van der Waals surface area contributed by atoms with E-state index in [9.17, 15) is 4.79 Å². The van der Waals surface area contributed by atoms with E-state index in [1.807, 2.05) is 37.4 Å². The molecule has 0 radical (unpaired) electrons. The fraction of sp³-hybridized carbons (Fsp3) is 0.100. The number of H-pyrrole nitrogens is 1. The number of nitrogens with zero attached hydrogens (tertiary/aromatic N) is 3. The zero-order chi connectivity index (χ0) is 18.8. The Hall–Kier alpha value is -3.74. The number of carbonyl (C=O) groups is 1. The van der Waals surface area contributed by atoms with Gasteiger partial charge < -0.3 is 14.7 Å². The van der Waals surface area contributed by atoms with Gasteiger partial charge in [0, 0.05) is 18.3 Å². The van der Waals surface area contributed by atoms with Crippen LogP contribution in [0.2, 0.25) is 0 Å². The fourth-order valence-corrected chi connectivity index (χ4v) is 2.92. The SMILES string of the molecule is C=CC(=O)NCc1cccc(-c2ncnc3[nH]cc(-c4nc(C)co4)c23)c1. The molecule has 0 unspecified atom stereocenters. The van der Waals surface area contributed by atoms with Crippen LogP contribution in [-0.4, -0.2) is 25.8 Å². The molecule has 0 saturated heterocycles. The molecule has 4 rings (SSSR count). The number of carbonyl (C=O) groups excluding carboxylic acids is 1. The molecule has 0 aliphatic carbocycles. The lowest BCUT2D eigenvalue weighted by atomic mass is 10.0. The molecule has 0 spiro atoms. The van der Waals surface area contributed by atoms with E-state index in [1.54, 1.807) is 6.26 Å². The number of oxazole rings is 1. The molecule has 0 aliphatic heterocycles. The van der Waals surface area contributed by atoms with E-state index in [0.717, 1.165) is 33.5 Å². The number of aromatic nitrogens is 4. The molecule has 0 atom stereocenters. The molecule has 1 aromatic carbocycles. The molecule has 3 heterocycles. The monoisotopic (exact) mass is 359 g/mol. The predicted molar refractivity (Wildman–Crippen MR) is 102 cm³/mol. The Balaban J connectivity index is 1.79. The summed E-state index contributed by atoms with van der Waals surface area (Å²) in [5.74, 6) is 0.307. The maximum Gasteiger partial charge on any atom is 0.243 e. The van der Waals surface area contributed by atoms with Gasteiger partial charge in [0.05, 0.1) is 22.3 Å². The van der Waals surface area contributed by atoms with Gasteiger partial charge in [0.1, 0.15) is 18.2 Å². The number of aromatic amines is 1. The van der Waals surface area contributed by atoms with Gasteiger partial charge in [-0.3, -0.25) is 4.79 Å². The lowest BCUT2D eigenvalue weighted by Gasteiger charge is -2.07. The third kappa shape index (κ3) is 3.22. The molecule has 3 aromatic heterocycles. The second kappa shape index (κ2) is 6.87. The first-order chi connectivity index (χ1) is 13.2. The average Bonchev–Trinajstić information content (AvgIpc) is 3.32. The Morgan fingerprint density at radius 3 is 3.04 bits per heavy atom. The van der Waals surface area contributed by atoms with Gasteiger partial charge in [0.15, 0.2) is 0 Å². The number of aryl methyl sites for hydroxylation is 1. The highest BCUT2D eigenvalue weighted by Gasteiger charge is 2.17. The first-order valence-corrected chi connectivity index (χ1v) is 8.40. The van der Waals surface area contributed by atoms with Crippen LogP contribution in [0.15, 0.2) is 60.1 Å². The number of benzene rings is 1. The third-order valence-corrected chi connectivity index (χ3v) is 4.17. The molecule has 0 bridgehead atoms. The maximum atomic E-state index is 11.4. The second-order valence-electron chi connectivity index (χ2n) is 6.06. The molecule has 0 saturated carbocycles. The summed E-state index contributed by atoms with van der Waals surface area (Å²) in [5, 5.41) is 3.62. The number of hydrogen-bond acceptors (Lipinski definition) is 5. The van der Waals surface area contributed by atoms with Crippen LogP contribution in [0.5, 0.6) is 0 Å². The summed E-state index contributed by atoms with van der Waals surface area (Å²) in [6.07, 6.45) is 6.20. The van der Waals surface area contributed by atoms with Gasteiger partial charge in [-0.05, 0) is 24.6 Å². The van der Waals surface area contributed by atoms with Gasteiger partial charge >= 0.3 is 0 Å². The average molecular weight is 359 g/mol. The normalized spacial score (nSPS) is 10.9. The molecule has 7 nitrogen and oxygen atoms in total. The zero-order valence-corrected chi connectivity index (χ0v) is 14.7. The predicted octanol–water partition coefficient (Wildman–Crippen LogP) is 3.39. The highest BCUT2D eigenvalue weighted by atomic mass is 16.3.